The SMILES string of the molecule is CSc1nnc(C(F)F)n1N=Cc1ccc(COc2ccccc2[N+](=O)[O-])o1. The van der Waals surface area contributed by atoms with Crippen molar-refractivity contribution in [2.24, 2.45) is 5.10 Å². The molecule has 0 radical (unpaired) electrons. The number of nitro benzene ring substituents is 1. The van der Waals surface area contributed by atoms with E-state index in [-0.39, 0.29) is 29.0 Å². The molecule has 1 aromatic carbocycles. The summed E-state index contributed by atoms with van der Waals surface area (Å²) in [6, 6.07) is 9.11. The van der Waals surface area contributed by atoms with Gasteiger partial charge in [0, 0.05) is 6.07 Å². The number of alkyl halides is 2. The number of thioether (sulfide) groups is 1. The van der Waals surface area contributed by atoms with Crippen LogP contribution in [0.5, 0.6) is 5.75 Å². The quantitative estimate of drug-likeness (QED) is 0.240. The average Bonchev–Trinajstić information content (AvgIpc) is 3.31. The van der Waals surface area contributed by atoms with Crippen molar-refractivity contribution < 1.29 is 22.9 Å². The molecule has 0 spiro atoms. The monoisotopic (exact) mass is 409 g/mol. The molecule has 28 heavy (non-hydrogen) atoms. The predicted molar refractivity (Wildman–Crippen MR) is 95.9 cm³/mol. The highest BCUT2D eigenvalue weighted by Crippen LogP contribution is 2.27. The predicted octanol–water partition coefficient (Wildman–Crippen LogP) is 3.90. The lowest BCUT2D eigenvalue weighted by atomic mass is 10.3. The Morgan fingerprint density at radius 1 is 1.36 bits per heavy atom. The zero-order valence-electron chi connectivity index (χ0n) is 14.4. The van der Waals surface area contributed by atoms with Crippen LogP contribution in [0.2, 0.25) is 0 Å². The van der Waals surface area contributed by atoms with E-state index in [2.05, 4.69) is 15.3 Å². The zero-order chi connectivity index (χ0) is 20.1. The van der Waals surface area contributed by atoms with Gasteiger partial charge in [-0.25, -0.2) is 8.78 Å². The molecule has 0 unspecified atom stereocenters. The molecular formula is C16H13F2N5O4S. The summed E-state index contributed by atoms with van der Waals surface area (Å²) in [6.45, 7) is -0.0519. The van der Waals surface area contributed by atoms with E-state index < -0.39 is 17.2 Å². The third kappa shape index (κ3) is 4.34. The summed E-state index contributed by atoms with van der Waals surface area (Å²) < 4.78 is 37.8. The number of para-hydroxylation sites is 2. The normalized spacial score (nSPS) is 11.4. The summed E-state index contributed by atoms with van der Waals surface area (Å²) in [4.78, 5) is 10.4. The van der Waals surface area contributed by atoms with Crippen LogP contribution in [0.3, 0.4) is 0 Å². The highest BCUT2D eigenvalue weighted by molar-refractivity contribution is 7.98. The van der Waals surface area contributed by atoms with Gasteiger partial charge in [0.15, 0.2) is 5.75 Å². The number of aromatic nitrogens is 3. The molecule has 0 aliphatic rings. The summed E-state index contributed by atoms with van der Waals surface area (Å²) in [6.07, 6.45) is 0.0765. The van der Waals surface area contributed by atoms with Crippen LogP contribution in [0.25, 0.3) is 0 Å². The molecule has 0 aliphatic carbocycles. The van der Waals surface area contributed by atoms with Gasteiger partial charge in [0.25, 0.3) is 6.43 Å². The molecule has 0 atom stereocenters. The Morgan fingerprint density at radius 2 is 2.14 bits per heavy atom. The molecule has 2 heterocycles. The van der Waals surface area contributed by atoms with Crippen LogP contribution in [0, 0.1) is 10.1 Å². The highest BCUT2D eigenvalue weighted by Gasteiger charge is 2.19. The first-order chi connectivity index (χ1) is 13.5. The molecule has 0 amide bonds. The molecule has 3 rings (SSSR count). The molecule has 0 saturated heterocycles. The first kappa shape index (κ1) is 19.5. The van der Waals surface area contributed by atoms with Crippen molar-refractivity contribution in [3.8, 4) is 5.75 Å². The lowest BCUT2D eigenvalue weighted by Gasteiger charge is -2.04. The number of halogens is 2. The fourth-order valence-electron chi connectivity index (χ4n) is 2.18. The summed E-state index contributed by atoms with van der Waals surface area (Å²) in [5.74, 6) is 0.187. The summed E-state index contributed by atoms with van der Waals surface area (Å²) in [7, 11) is 0. The van der Waals surface area contributed by atoms with Crippen LogP contribution in [0.4, 0.5) is 14.5 Å². The largest absolute Gasteiger partial charge is 0.479 e. The van der Waals surface area contributed by atoms with E-state index in [0.717, 1.165) is 16.4 Å². The first-order valence-electron chi connectivity index (χ1n) is 7.76. The minimum absolute atomic E-state index is 0.0519. The summed E-state index contributed by atoms with van der Waals surface area (Å²) in [5.41, 5.74) is -0.160. The maximum Gasteiger partial charge on any atom is 0.310 e. The highest BCUT2D eigenvalue weighted by atomic mass is 32.2. The summed E-state index contributed by atoms with van der Waals surface area (Å²) in [5, 5.41) is 22.2. The van der Waals surface area contributed by atoms with E-state index in [9.17, 15) is 18.9 Å². The second kappa shape index (κ2) is 8.61. The molecule has 146 valence electrons. The number of hydrogen-bond donors (Lipinski definition) is 0. The lowest BCUT2D eigenvalue weighted by molar-refractivity contribution is -0.386. The topological polar surface area (TPSA) is 109 Å². The third-order valence-electron chi connectivity index (χ3n) is 3.43. The Morgan fingerprint density at radius 3 is 2.86 bits per heavy atom. The van der Waals surface area contributed by atoms with Gasteiger partial charge >= 0.3 is 5.69 Å². The standard InChI is InChI=1S/C16H13F2N5O4S/c1-28-16-21-20-15(14(17)18)22(16)19-8-10-6-7-11(27-10)9-26-13-5-3-2-4-12(13)23(24)25/h2-8,14H,9H2,1H3. The van der Waals surface area contributed by atoms with E-state index in [4.69, 9.17) is 9.15 Å². The first-order valence-corrected chi connectivity index (χ1v) is 8.98. The number of benzene rings is 1. The Labute approximate surface area is 161 Å². The number of hydrogen-bond acceptors (Lipinski definition) is 8. The van der Waals surface area contributed by atoms with Crippen molar-refractivity contribution in [2.75, 3.05) is 6.26 Å². The lowest BCUT2D eigenvalue weighted by Crippen LogP contribution is -2.00. The van der Waals surface area contributed by atoms with Crippen LogP contribution in [0.1, 0.15) is 23.8 Å². The Hall–Kier alpha value is -3.28. The minimum Gasteiger partial charge on any atom is -0.479 e. The van der Waals surface area contributed by atoms with Crippen molar-refractivity contribution in [2.45, 2.75) is 18.2 Å². The maximum atomic E-state index is 13.0. The fraction of sp³-hybridized carbons (Fsp3) is 0.188. The van der Waals surface area contributed by atoms with Gasteiger partial charge in [-0.05, 0) is 24.5 Å². The van der Waals surface area contributed by atoms with Gasteiger partial charge in [-0.15, -0.1) is 10.2 Å². The number of nitro groups is 1. The van der Waals surface area contributed by atoms with Crippen LogP contribution in [-0.4, -0.2) is 32.3 Å². The van der Waals surface area contributed by atoms with Crippen LogP contribution >= 0.6 is 11.8 Å². The van der Waals surface area contributed by atoms with Crippen LogP contribution < -0.4 is 4.74 Å². The Kier molecular flexibility index (Phi) is 5.99. The Bertz CT molecular complexity index is 1000. The number of ether oxygens (including phenoxy) is 1. The second-order valence-electron chi connectivity index (χ2n) is 5.22. The average molecular weight is 409 g/mol. The van der Waals surface area contributed by atoms with Crippen molar-refractivity contribution in [3.63, 3.8) is 0 Å². The number of furan rings is 1. The van der Waals surface area contributed by atoms with Crippen molar-refractivity contribution in [1.29, 1.82) is 0 Å². The molecule has 12 heteroatoms. The molecule has 2 aromatic heterocycles. The van der Waals surface area contributed by atoms with Gasteiger partial charge < -0.3 is 9.15 Å². The Balaban J connectivity index is 1.71. The molecule has 0 aliphatic heterocycles. The minimum atomic E-state index is -2.83. The molecule has 0 fully saturated rings. The van der Waals surface area contributed by atoms with Gasteiger partial charge in [-0.2, -0.15) is 9.78 Å². The number of nitrogens with zero attached hydrogens (tertiary/aromatic N) is 5. The van der Waals surface area contributed by atoms with Crippen LogP contribution in [0.15, 0.2) is 51.1 Å². The van der Waals surface area contributed by atoms with Gasteiger partial charge in [-0.3, -0.25) is 10.1 Å². The molecule has 9 nitrogen and oxygen atoms in total. The maximum absolute atomic E-state index is 13.0. The second-order valence-corrected chi connectivity index (χ2v) is 5.99. The molecule has 0 bridgehead atoms. The fourth-order valence-corrected chi connectivity index (χ4v) is 2.62. The van der Waals surface area contributed by atoms with Crippen molar-refractivity contribution in [3.05, 3.63) is 63.9 Å². The van der Waals surface area contributed by atoms with Crippen molar-refractivity contribution >= 4 is 23.7 Å². The van der Waals surface area contributed by atoms with Gasteiger partial charge in [-0.1, -0.05) is 23.9 Å². The molecule has 0 saturated carbocycles. The van der Waals surface area contributed by atoms with Crippen molar-refractivity contribution in [1.82, 2.24) is 14.9 Å². The molecular weight excluding hydrogens is 396 g/mol. The van der Waals surface area contributed by atoms with E-state index in [1.54, 1.807) is 24.5 Å². The number of rotatable bonds is 8. The van der Waals surface area contributed by atoms with Gasteiger partial charge in [0.1, 0.15) is 18.1 Å². The smallest absolute Gasteiger partial charge is 0.310 e. The van der Waals surface area contributed by atoms with E-state index in [1.807, 2.05) is 0 Å². The van der Waals surface area contributed by atoms with E-state index in [1.165, 1.54) is 24.4 Å². The molecule has 3 aromatic rings. The van der Waals surface area contributed by atoms with E-state index in [0.29, 0.717) is 5.76 Å². The molecule has 0 N–H and O–H groups in total. The third-order valence-corrected chi connectivity index (χ3v) is 4.05. The van der Waals surface area contributed by atoms with Crippen LogP contribution in [-0.2, 0) is 6.61 Å². The van der Waals surface area contributed by atoms with Gasteiger partial charge in [0.2, 0.25) is 11.0 Å². The zero-order valence-corrected chi connectivity index (χ0v) is 15.2. The van der Waals surface area contributed by atoms with Gasteiger partial charge in [0.05, 0.1) is 11.1 Å². The van der Waals surface area contributed by atoms with E-state index >= 15 is 0 Å². The summed E-state index contributed by atoms with van der Waals surface area (Å²) >= 11 is 1.12.